The molecule has 3 N–H and O–H groups in total. The zero-order valence-electron chi connectivity index (χ0n) is 32.0. The Hall–Kier alpha value is -4.78. The van der Waals surface area contributed by atoms with Gasteiger partial charge in [0.1, 0.15) is 0 Å². The number of amides is 2. The van der Waals surface area contributed by atoms with Crippen molar-refractivity contribution in [1.29, 1.82) is 0 Å². The number of aromatic nitrogens is 2. The lowest BCUT2D eigenvalue weighted by Crippen LogP contribution is -2.58. The standard InChI is InChI=1S/C39H42ClF6N6O7P/c1-27-23-52(36(56)49-33(27)53)32-25-50(37(28-13-5-2-6-14-28,29-15-7-3-8-16-29)30-17-9-4-10-18-30)24-31(59-32)26-58-60(40,57)51(21-11-19-47-34(54)38(41,42)43)22-12-20-48-35(55)39(44,45)46/h2-10,13-18,23,31-32H,11-12,19-22,24-26H2,1H3,(H,47,54)(H,48,55)(H,49,53,56). The number of carbonyl (C=O) groups excluding carboxylic acids is 2. The maximum atomic E-state index is 14.1. The summed E-state index contributed by atoms with van der Waals surface area (Å²) in [5, 5.41) is 3.36. The first-order valence-corrected chi connectivity index (χ1v) is 21.1. The summed E-state index contributed by atoms with van der Waals surface area (Å²) in [6.45, 7) is -5.15. The number of morpholine rings is 1. The topological polar surface area (TPSA) is 155 Å². The number of aryl methyl sites for hydroxylation is 1. The largest absolute Gasteiger partial charge is 0.471 e. The predicted molar refractivity (Wildman–Crippen MR) is 209 cm³/mol. The van der Waals surface area contributed by atoms with Crippen molar-refractivity contribution in [3.63, 3.8) is 0 Å². The Morgan fingerprint density at radius 3 is 1.70 bits per heavy atom. The van der Waals surface area contributed by atoms with Crippen molar-refractivity contribution in [3.05, 3.63) is 140 Å². The molecule has 0 bridgehead atoms. The van der Waals surface area contributed by atoms with E-state index < -0.39 is 79.9 Å². The molecule has 1 aliphatic heterocycles. The molecule has 13 nitrogen and oxygen atoms in total. The average molecular weight is 887 g/mol. The van der Waals surface area contributed by atoms with Crippen molar-refractivity contribution in [2.24, 2.45) is 0 Å². The Bertz CT molecular complexity index is 2100. The molecule has 0 saturated carbocycles. The van der Waals surface area contributed by atoms with Crippen LogP contribution in [0.25, 0.3) is 0 Å². The molecule has 3 atom stereocenters. The molecule has 5 rings (SSSR count). The van der Waals surface area contributed by atoms with Gasteiger partial charge in [-0.3, -0.25) is 33.4 Å². The third-order valence-electron chi connectivity index (χ3n) is 9.68. The van der Waals surface area contributed by atoms with E-state index in [0.29, 0.717) is 0 Å². The van der Waals surface area contributed by atoms with Gasteiger partial charge in [0, 0.05) is 51.0 Å². The predicted octanol–water partition coefficient (Wildman–Crippen LogP) is 5.84. The van der Waals surface area contributed by atoms with Crippen molar-refractivity contribution in [2.45, 2.75) is 50.0 Å². The smallest absolute Gasteiger partial charge is 0.350 e. The quantitative estimate of drug-likeness (QED) is 0.0514. The van der Waals surface area contributed by atoms with Gasteiger partial charge >= 0.3 is 36.7 Å². The van der Waals surface area contributed by atoms with Gasteiger partial charge in [-0.2, -0.15) is 26.3 Å². The van der Waals surface area contributed by atoms with E-state index in [0.717, 1.165) is 21.4 Å². The molecule has 1 fully saturated rings. The maximum Gasteiger partial charge on any atom is 0.471 e. The molecule has 324 valence electrons. The molecule has 21 heteroatoms. The molecule has 1 aromatic heterocycles. The van der Waals surface area contributed by atoms with Crippen molar-refractivity contribution >= 4 is 29.9 Å². The Morgan fingerprint density at radius 1 is 0.817 bits per heavy atom. The van der Waals surface area contributed by atoms with Crippen LogP contribution >= 0.6 is 18.1 Å². The van der Waals surface area contributed by atoms with Crippen molar-refractivity contribution in [2.75, 3.05) is 45.9 Å². The minimum atomic E-state index is -5.16. The zero-order chi connectivity index (χ0) is 43.7. The lowest BCUT2D eigenvalue weighted by atomic mass is 9.75. The van der Waals surface area contributed by atoms with Gasteiger partial charge in [-0.1, -0.05) is 91.0 Å². The number of H-pyrrole nitrogens is 1. The van der Waals surface area contributed by atoms with Crippen LogP contribution in [0.3, 0.4) is 0 Å². The molecule has 2 heterocycles. The summed E-state index contributed by atoms with van der Waals surface area (Å²) < 4.78 is 105. The number of aromatic amines is 1. The van der Waals surface area contributed by atoms with Crippen molar-refractivity contribution in [3.8, 4) is 0 Å². The molecule has 1 aliphatic rings. The number of ether oxygens (including phenoxy) is 1. The van der Waals surface area contributed by atoms with Gasteiger partial charge in [0.2, 0.25) is 0 Å². The summed E-state index contributed by atoms with van der Waals surface area (Å²) in [5.41, 5.74) is 0.263. The number of nitrogens with zero attached hydrogens (tertiary/aromatic N) is 3. The molecular formula is C39H42ClF6N6O7P. The molecular weight excluding hydrogens is 845 g/mol. The third-order valence-corrected chi connectivity index (χ3v) is 12.2. The van der Waals surface area contributed by atoms with Crippen LogP contribution in [0.5, 0.6) is 0 Å². The van der Waals surface area contributed by atoms with Gasteiger partial charge in [0.25, 0.3) is 5.56 Å². The summed E-state index contributed by atoms with van der Waals surface area (Å²) in [6.07, 6.45) is -11.6. The third kappa shape index (κ3) is 11.3. The average Bonchev–Trinajstić information content (AvgIpc) is 3.21. The zero-order valence-corrected chi connectivity index (χ0v) is 33.7. The molecule has 2 amide bonds. The summed E-state index contributed by atoms with van der Waals surface area (Å²) in [7, 11) is 0. The van der Waals surface area contributed by atoms with E-state index >= 15 is 0 Å². The number of halogens is 7. The van der Waals surface area contributed by atoms with Gasteiger partial charge < -0.3 is 19.9 Å². The fraction of sp³-hybridized carbons (Fsp3) is 0.385. The second-order valence-corrected chi connectivity index (χ2v) is 16.8. The molecule has 0 radical (unpaired) electrons. The summed E-state index contributed by atoms with van der Waals surface area (Å²) in [6, 6.07) is 28.6. The second-order valence-electron chi connectivity index (χ2n) is 13.8. The number of alkyl halides is 6. The van der Waals surface area contributed by atoms with Crippen LogP contribution in [0.15, 0.2) is 107 Å². The van der Waals surface area contributed by atoms with E-state index in [4.69, 9.17) is 20.5 Å². The number of rotatable bonds is 17. The summed E-state index contributed by atoms with van der Waals surface area (Å²) in [5.74, 6) is -4.42. The molecule has 0 spiro atoms. The van der Waals surface area contributed by atoms with E-state index in [2.05, 4.69) is 9.88 Å². The lowest BCUT2D eigenvalue weighted by Gasteiger charge is -2.50. The number of hydrogen-bond acceptors (Lipinski definition) is 8. The molecule has 3 aromatic carbocycles. The number of hydrogen-bond donors (Lipinski definition) is 3. The normalized spacial score (nSPS) is 17.6. The van der Waals surface area contributed by atoms with Crippen molar-refractivity contribution < 1.29 is 49.8 Å². The Morgan fingerprint density at radius 2 is 1.27 bits per heavy atom. The highest BCUT2D eigenvalue weighted by Gasteiger charge is 2.47. The van der Waals surface area contributed by atoms with Crippen molar-refractivity contribution in [1.82, 2.24) is 29.8 Å². The van der Waals surface area contributed by atoms with E-state index in [1.807, 2.05) is 91.0 Å². The van der Waals surface area contributed by atoms with Crippen LogP contribution in [-0.4, -0.2) is 95.3 Å². The van der Waals surface area contributed by atoms with E-state index in [9.17, 15) is 50.1 Å². The van der Waals surface area contributed by atoms with Crippen LogP contribution in [0.4, 0.5) is 26.3 Å². The number of benzene rings is 3. The highest BCUT2D eigenvalue weighted by molar-refractivity contribution is 7.83. The first-order chi connectivity index (χ1) is 28.3. The second kappa shape index (κ2) is 19.7. The molecule has 0 aliphatic carbocycles. The van der Waals surface area contributed by atoms with Crippen LogP contribution in [0.1, 0.15) is 41.3 Å². The SMILES string of the molecule is Cc1cn(C2CN(C(c3ccccc3)(c3ccccc3)c3ccccc3)CC(COP(=O)(Cl)N(CCCNC(=O)C(F)(F)F)CCCNC(=O)C(F)(F)F)O2)c(=O)[nH]c1=O. The van der Waals surface area contributed by atoms with Gasteiger partial charge in [0.15, 0.2) is 6.23 Å². The van der Waals surface area contributed by atoms with Crippen LogP contribution < -0.4 is 21.9 Å². The number of nitrogens with one attached hydrogen (secondary N) is 3. The lowest BCUT2D eigenvalue weighted by molar-refractivity contribution is -0.173. The van der Waals surface area contributed by atoms with Crippen LogP contribution in [0, 0.1) is 6.92 Å². The Kier molecular flexibility index (Phi) is 15.2. The molecule has 4 aromatic rings. The minimum absolute atomic E-state index is 0.0517. The molecule has 3 unspecified atom stereocenters. The Labute approximate surface area is 344 Å². The fourth-order valence-electron chi connectivity index (χ4n) is 6.96. The summed E-state index contributed by atoms with van der Waals surface area (Å²) >= 11 is 6.54. The van der Waals surface area contributed by atoms with Gasteiger partial charge in [-0.05, 0) is 47.7 Å². The van der Waals surface area contributed by atoms with Crippen LogP contribution in [-0.2, 0) is 29.0 Å². The monoisotopic (exact) mass is 886 g/mol. The highest BCUT2D eigenvalue weighted by Crippen LogP contribution is 2.56. The van der Waals surface area contributed by atoms with Gasteiger partial charge in [0.05, 0.1) is 18.2 Å². The summed E-state index contributed by atoms with van der Waals surface area (Å²) in [4.78, 5) is 52.8. The highest BCUT2D eigenvalue weighted by atomic mass is 35.7. The Balaban J connectivity index is 1.49. The fourth-order valence-corrected chi connectivity index (χ4v) is 8.85. The van der Waals surface area contributed by atoms with Gasteiger partial charge in [-0.15, -0.1) is 0 Å². The van der Waals surface area contributed by atoms with E-state index in [1.54, 1.807) is 10.6 Å². The molecule has 60 heavy (non-hydrogen) atoms. The first-order valence-electron chi connectivity index (χ1n) is 18.6. The maximum absolute atomic E-state index is 14.1. The minimum Gasteiger partial charge on any atom is -0.350 e. The van der Waals surface area contributed by atoms with E-state index in [1.165, 1.54) is 17.7 Å². The first kappa shape index (κ1) is 46.3. The van der Waals surface area contributed by atoms with Gasteiger partial charge in [-0.25, -0.2) is 9.46 Å². The number of carbonyl (C=O) groups is 2. The van der Waals surface area contributed by atoms with E-state index in [-0.39, 0.29) is 44.6 Å². The molecule has 1 saturated heterocycles. The van der Waals surface area contributed by atoms with Crippen LogP contribution in [0.2, 0.25) is 0 Å².